The van der Waals surface area contributed by atoms with Crippen LogP contribution in [0.5, 0.6) is 0 Å². The molecule has 2 aromatic carbocycles. The molecule has 0 saturated carbocycles. The van der Waals surface area contributed by atoms with Crippen molar-refractivity contribution in [3.8, 4) is 0 Å². The lowest BCUT2D eigenvalue weighted by molar-refractivity contribution is -0.130. The van der Waals surface area contributed by atoms with E-state index in [4.69, 9.17) is 16.8 Å². The van der Waals surface area contributed by atoms with E-state index in [9.17, 15) is 18.4 Å². The highest BCUT2D eigenvalue weighted by Gasteiger charge is 2.21. The number of fused-ring (bicyclic) bond motifs is 1. The van der Waals surface area contributed by atoms with Gasteiger partial charge in [-0.15, -0.1) is 0 Å². The lowest BCUT2D eigenvalue weighted by Crippen LogP contribution is -2.42. The molecule has 1 unspecified atom stereocenters. The predicted octanol–water partition coefficient (Wildman–Crippen LogP) is 2.00. The van der Waals surface area contributed by atoms with E-state index in [-0.39, 0.29) is 24.2 Å². The summed E-state index contributed by atoms with van der Waals surface area (Å²) in [5.74, 6) is 2.83. The van der Waals surface area contributed by atoms with Crippen LogP contribution in [0.1, 0.15) is 22.3 Å². The first-order valence-electron chi connectivity index (χ1n) is 10.4. The van der Waals surface area contributed by atoms with Gasteiger partial charge < -0.3 is 20.6 Å². The molecule has 0 radical (unpaired) electrons. The zero-order valence-corrected chi connectivity index (χ0v) is 18.5. The van der Waals surface area contributed by atoms with Crippen LogP contribution < -0.4 is 17.1 Å². The van der Waals surface area contributed by atoms with Crippen LogP contribution in [-0.4, -0.2) is 51.5 Å². The number of para-hydroxylation sites is 1. The van der Waals surface area contributed by atoms with Crippen LogP contribution in [-0.2, 0) is 11.2 Å². The predicted molar refractivity (Wildman–Crippen MR) is 122 cm³/mol. The maximum Gasteiger partial charge on any atom is 0.254 e. The van der Waals surface area contributed by atoms with E-state index in [1.807, 2.05) is 30.5 Å². The van der Waals surface area contributed by atoms with Gasteiger partial charge in [0.2, 0.25) is 5.91 Å². The Labute approximate surface area is 194 Å². The normalized spacial score (nSPS) is 12.4. The average Bonchev–Trinajstić information content (AvgIpc) is 3.22. The van der Waals surface area contributed by atoms with E-state index in [1.54, 1.807) is 5.48 Å². The van der Waals surface area contributed by atoms with Gasteiger partial charge >= 0.3 is 0 Å². The Bertz CT molecular complexity index is 1210. The topological polar surface area (TPSA) is 141 Å². The molecule has 34 heavy (non-hydrogen) atoms. The Hall–Kier alpha value is -3.96. The average molecular weight is 472 g/mol. The molecule has 1 aromatic heterocycles. The molecule has 3 aromatic rings. The molecule has 0 fully saturated rings. The number of aromatic nitrogens is 1. The van der Waals surface area contributed by atoms with Crippen molar-refractivity contribution < 1.29 is 23.6 Å². The number of likely N-dealkylation sites (N-methyl/N-ethyl adjacent to an activating group) is 1. The van der Waals surface area contributed by atoms with E-state index >= 15 is 0 Å². The smallest absolute Gasteiger partial charge is 0.254 e. The van der Waals surface area contributed by atoms with E-state index in [1.165, 1.54) is 29.2 Å². The van der Waals surface area contributed by atoms with Crippen molar-refractivity contribution in [1.82, 2.24) is 20.4 Å². The van der Waals surface area contributed by atoms with Crippen LogP contribution in [0.3, 0.4) is 0 Å². The molecule has 0 aliphatic heterocycles. The number of hydrogen-bond acceptors (Lipinski definition) is 6. The maximum absolute atomic E-state index is 13.5. The highest BCUT2D eigenvalue weighted by atomic mass is 19.2. The van der Waals surface area contributed by atoms with Crippen LogP contribution in [0.4, 0.5) is 8.78 Å². The van der Waals surface area contributed by atoms with Crippen LogP contribution in [0.15, 0.2) is 60.6 Å². The number of nitrogens with one attached hydrogen (secondary N) is 2. The number of carbonyl (C=O) groups is 2. The third-order valence-corrected chi connectivity index (χ3v) is 5.35. The summed E-state index contributed by atoms with van der Waals surface area (Å²) in [6, 6.07) is 9.95. The molecule has 11 heteroatoms. The molecule has 7 N–H and O–H groups in total. The first-order valence-corrected chi connectivity index (χ1v) is 10.4. The largest absolute Gasteiger partial charge is 0.399 e. The number of hydrazine groups is 1. The number of nitrogens with zero attached hydrogens (tertiary/aromatic N) is 2. The second-order valence-corrected chi connectivity index (χ2v) is 7.90. The van der Waals surface area contributed by atoms with Gasteiger partial charge in [-0.25, -0.2) is 20.1 Å². The van der Waals surface area contributed by atoms with Gasteiger partial charge in [-0.1, -0.05) is 18.2 Å². The Morgan fingerprint density at radius 3 is 2.65 bits per heavy atom. The summed E-state index contributed by atoms with van der Waals surface area (Å²) in [7, 11) is 1.45. The second-order valence-electron chi connectivity index (χ2n) is 7.90. The fourth-order valence-corrected chi connectivity index (χ4v) is 3.63. The lowest BCUT2D eigenvalue weighted by atomic mass is 10.0. The second kappa shape index (κ2) is 10.8. The summed E-state index contributed by atoms with van der Waals surface area (Å²) in [5, 5.41) is 11.2. The van der Waals surface area contributed by atoms with E-state index < -0.39 is 29.5 Å². The molecule has 9 nitrogen and oxygen atoms in total. The summed E-state index contributed by atoms with van der Waals surface area (Å²) in [4.78, 5) is 28.8. The van der Waals surface area contributed by atoms with Crippen molar-refractivity contribution in [3.63, 3.8) is 0 Å². The van der Waals surface area contributed by atoms with Gasteiger partial charge in [-0.2, -0.15) is 0 Å². The molecule has 0 bridgehead atoms. The Kier molecular flexibility index (Phi) is 7.82. The van der Waals surface area contributed by atoms with E-state index in [2.05, 4.69) is 4.98 Å². The van der Waals surface area contributed by atoms with Crippen molar-refractivity contribution in [2.75, 3.05) is 13.6 Å². The third kappa shape index (κ3) is 5.88. The molecule has 0 aliphatic rings. The highest BCUT2D eigenvalue weighted by molar-refractivity contribution is 5.94. The number of amides is 2. The molecule has 0 aliphatic carbocycles. The summed E-state index contributed by atoms with van der Waals surface area (Å²) < 4.78 is 26.6. The standard InChI is InChI=1S/C23H26F2N6O3/c1-30(23(33)14-6-7-19(24)20(25)9-14)12-16(26)13-31(27)17(10-22(32)29-34)8-15-11-28-21-5-3-2-4-18(15)21/h2-7,9,11,13,17,28,34H,8,10,12,26-27H2,1H3,(H,29,32)/b16-13-. The van der Waals surface area contributed by atoms with Crippen LogP contribution in [0.25, 0.3) is 10.9 Å². The lowest BCUT2D eigenvalue weighted by Gasteiger charge is -2.27. The van der Waals surface area contributed by atoms with Gasteiger partial charge in [0.25, 0.3) is 5.91 Å². The minimum absolute atomic E-state index is 0.0318. The zero-order valence-electron chi connectivity index (χ0n) is 18.5. The SMILES string of the molecule is CN(C/C(N)=C/N(N)C(CC(=O)NO)Cc1c[nH]c2ccccc12)C(=O)c1ccc(F)c(F)c1. The molecule has 180 valence electrons. The Morgan fingerprint density at radius 1 is 1.21 bits per heavy atom. The number of aromatic amines is 1. The molecule has 3 rings (SSSR count). The summed E-state index contributed by atoms with van der Waals surface area (Å²) in [6.45, 7) is -0.0580. The van der Waals surface area contributed by atoms with Crippen LogP contribution >= 0.6 is 0 Å². The highest BCUT2D eigenvalue weighted by Crippen LogP contribution is 2.21. The fourth-order valence-electron chi connectivity index (χ4n) is 3.63. The minimum atomic E-state index is -1.13. The molecule has 0 saturated heterocycles. The number of carbonyl (C=O) groups excluding carboxylic acids is 2. The van der Waals surface area contributed by atoms with Crippen LogP contribution in [0, 0.1) is 11.6 Å². The third-order valence-electron chi connectivity index (χ3n) is 5.35. The molecule has 1 atom stereocenters. The van der Waals surface area contributed by atoms with Gasteiger partial charge in [-0.05, 0) is 36.2 Å². The minimum Gasteiger partial charge on any atom is -0.399 e. The van der Waals surface area contributed by atoms with Gasteiger partial charge in [0.15, 0.2) is 11.6 Å². The first kappa shape index (κ1) is 24.7. The van der Waals surface area contributed by atoms with Crippen molar-refractivity contribution in [2.45, 2.75) is 18.9 Å². The number of hydroxylamine groups is 1. The summed E-state index contributed by atoms with van der Waals surface area (Å²) >= 11 is 0. The summed E-state index contributed by atoms with van der Waals surface area (Å²) in [5.41, 5.74) is 9.67. The van der Waals surface area contributed by atoms with Gasteiger partial charge in [0.05, 0.1) is 19.0 Å². The van der Waals surface area contributed by atoms with Crippen molar-refractivity contribution in [2.24, 2.45) is 11.6 Å². The van der Waals surface area contributed by atoms with Crippen molar-refractivity contribution in [1.29, 1.82) is 0 Å². The van der Waals surface area contributed by atoms with Crippen molar-refractivity contribution in [3.05, 3.63) is 83.3 Å². The van der Waals surface area contributed by atoms with E-state index in [0.29, 0.717) is 6.42 Å². The number of H-pyrrole nitrogens is 1. The van der Waals surface area contributed by atoms with Gasteiger partial charge in [-0.3, -0.25) is 14.8 Å². The number of rotatable bonds is 9. The Balaban J connectivity index is 1.73. The quantitative estimate of drug-likeness (QED) is 0.183. The molecule has 2 amide bonds. The molecule has 0 spiro atoms. The number of benzene rings is 2. The van der Waals surface area contributed by atoms with Gasteiger partial charge in [0, 0.05) is 41.6 Å². The van der Waals surface area contributed by atoms with Gasteiger partial charge in [0.1, 0.15) is 0 Å². The molecular weight excluding hydrogens is 446 g/mol. The van der Waals surface area contributed by atoms with Crippen molar-refractivity contribution >= 4 is 22.7 Å². The van der Waals surface area contributed by atoms with E-state index in [0.717, 1.165) is 28.6 Å². The molecule has 1 heterocycles. The monoisotopic (exact) mass is 472 g/mol. The number of halogens is 2. The number of hydrogen-bond donors (Lipinski definition) is 5. The van der Waals surface area contributed by atoms with Crippen LogP contribution in [0.2, 0.25) is 0 Å². The Morgan fingerprint density at radius 2 is 1.94 bits per heavy atom. The number of nitrogens with two attached hydrogens (primary N) is 2. The summed E-state index contributed by atoms with van der Waals surface area (Å²) in [6.07, 6.45) is 3.45. The zero-order chi connectivity index (χ0) is 24.8. The maximum atomic E-state index is 13.5. The first-order chi connectivity index (χ1) is 16.2. The molecular formula is C23H26F2N6O3. The fraction of sp³-hybridized carbons (Fsp3) is 0.217.